The number of esters is 1. The van der Waals surface area contributed by atoms with Crippen LogP contribution in [0.5, 0.6) is 5.75 Å². The molecule has 4 fully saturated rings. The molecule has 1 aromatic carbocycles. The van der Waals surface area contributed by atoms with Crippen molar-refractivity contribution in [2.75, 3.05) is 0 Å². The molecule has 0 aromatic heterocycles. The molecule has 0 unspecified atom stereocenters. The largest absolute Gasteiger partial charge is 0.508 e. The predicted octanol–water partition coefficient (Wildman–Crippen LogP) is 7.77. The normalized spacial score (nSPS) is 44.5. The highest BCUT2D eigenvalue weighted by molar-refractivity contribution is 5.89. The number of allylic oxidation sites excluding steroid dienone is 2. The number of aliphatic hydroxyl groups excluding tert-OH is 1. The van der Waals surface area contributed by atoms with Gasteiger partial charge in [0.15, 0.2) is 0 Å². The molecule has 0 saturated heterocycles. The van der Waals surface area contributed by atoms with Crippen LogP contribution in [-0.2, 0) is 9.53 Å². The summed E-state index contributed by atoms with van der Waals surface area (Å²) in [5.74, 6) is -0.268. The number of carboxylic acid groups (broad SMARTS) is 1. The molecule has 0 bridgehead atoms. The quantitative estimate of drug-likeness (QED) is 0.245. The van der Waals surface area contributed by atoms with Crippen LogP contribution in [0.15, 0.2) is 35.9 Å². The Bertz CT molecular complexity index is 1340. The molecule has 236 valence electrons. The van der Waals surface area contributed by atoms with Crippen LogP contribution in [0.2, 0.25) is 0 Å². The van der Waals surface area contributed by atoms with Crippen LogP contribution >= 0.6 is 0 Å². The van der Waals surface area contributed by atoms with Crippen molar-refractivity contribution in [1.82, 2.24) is 0 Å². The summed E-state index contributed by atoms with van der Waals surface area (Å²) in [7, 11) is 0. The summed E-state index contributed by atoms with van der Waals surface area (Å²) in [6.07, 6.45) is 8.82. The van der Waals surface area contributed by atoms with E-state index in [1.807, 2.05) is 0 Å². The maximum Gasteiger partial charge on any atom is 0.338 e. The van der Waals surface area contributed by atoms with E-state index in [9.17, 15) is 24.9 Å². The Labute approximate surface area is 257 Å². The van der Waals surface area contributed by atoms with Crippen molar-refractivity contribution >= 4 is 11.9 Å². The zero-order valence-corrected chi connectivity index (χ0v) is 27.2. The molecular weight excluding hydrogens is 540 g/mol. The van der Waals surface area contributed by atoms with Gasteiger partial charge < -0.3 is 20.1 Å². The molecule has 43 heavy (non-hydrogen) atoms. The number of phenolic OH excluding ortho intramolecular Hbond substituents is 1. The first-order valence-corrected chi connectivity index (χ1v) is 16.5. The lowest BCUT2D eigenvalue weighted by atomic mass is 9.34. The smallest absolute Gasteiger partial charge is 0.338 e. The molecule has 1 aromatic rings. The Hall–Kier alpha value is -2.34. The van der Waals surface area contributed by atoms with E-state index in [0.717, 1.165) is 44.9 Å². The van der Waals surface area contributed by atoms with Crippen molar-refractivity contribution in [3.63, 3.8) is 0 Å². The van der Waals surface area contributed by atoms with Crippen molar-refractivity contribution in [3.8, 4) is 5.75 Å². The third kappa shape index (κ3) is 4.28. The molecule has 0 heterocycles. The third-order valence-electron chi connectivity index (χ3n) is 14.0. The molecule has 4 saturated carbocycles. The van der Waals surface area contributed by atoms with E-state index >= 15 is 0 Å². The standard InChI is InChI=1S/C37H52O6/c1-32(2)18-19-37(31(41)42)17-14-26-34(5)15-12-25-33(3,4)29(39)24(43-30(40)22-8-10-23(38)11-9-22)20-36(25,7)27(34)13-16-35(26,6)28(37)21-32/h8-11,14,24-25,27-29,38-39H,12-13,15-21H2,1-7H3,(H,41,42)/t24-,25+,27+,28+,29+,34+,35-,36+,37-/m1/s1. The summed E-state index contributed by atoms with van der Waals surface area (Å²) in [5.41, 5.74) is 0.467. The summed E-state index contributed by atoms with van der Waals surface area (Å²) in [5, 5.41) is 32.0. The van der Waals surface area contributed by atoms with Crippen LogP contribution < -0.4 is 0 Å². The van der Waals surface area contributed by atoms with Gasteiger partial charge in [-0.25, -0.2) is 4.79 Å². The monoisotopic (exact) mass is 592 g/mol. The highest BCUT2D eigenvalue weighted by Gasteiger charge is 2.69. The number of carbonyl (C=O) groups is 2. The van der Waals surface area contributed by atoms with Gasteiger partial charge in [0, 0.05) is 0 Å². The molecule has 0 aliphatic heterocycles. The van der Waals surface area contributed by atoms with Crippen LogP contribution in [0.25, 0.3) is 0 Å². The number of hydrogen-bond acceptors (Lipinski definition) is 5. The van der Waals surface area contributed by atoms with Crippen molar-refractivity contribution in [1.29, 1.82) is 0 Å². The molecular formula is C37H52O6. The van der Waals surface area contributed by atoms with Crippen molar-refractivity contribution in [3.05, 3.63) is 41.5 Å². The summed E-state index contributed by atoms with van der Waals surface area (Å²) in [6, 6.07) is 6.07. The SMILES string of the molecule is CC1(C)CC[C@]2(C(=O)O)CC=C3[C@]4(C)CC[C@H]5C(C)(C)[C@@H](O)[C@H](OC(=O)c6ccc(O)cc6)C[C@]5(C)[C@H]4CC[C@@]3(C)[C@@H]2C1. The Balaban J connectivity index is 1.36. The first-order chi connectivity index (χ1) is 19.9. The number of aromatic hydroxyl groups is 1. The van der Waals surface area contributed by atoms with Crippen LogP contribution in [-0.4, -0.2) is 39.5 Å². The average molecular weight is 593 g/mol. The first-order valence-electron chi connectivity index (χ1n) is 16.5. The molecule has 5 aliphatic rings. The van der Waals surface area contributed by atoms with E-state index in [0.29, 0.717) is 24.3 Å². The highest BCUT2D eigenvalue weighted by atomic mass is 16.6. The van der Waals surface area contributed by atoms with Crippen LogP contribution in [0.4, 0.5) is 0 Å². The van der Waals surface area contributed by atoms with Crippen molar-refractivity contribution < 1.29 is 29.6 Å². The second kappa shape index (κ2) is 9.58. The number of hydrogen-bond donors (Lipinski definition) is 3. The molecule has 6 nitrogen and oxygen atoms in total. The minimum atomic E-state index is -0.778. The number of aliphatic carboxylic acids is 1. The van der Waals surface area contributed by atoms with E-state index in [2.05, 4.69) is 54.5 Å². The van der Waals surface area contributed by atoms with Gasteiger partial charge in [-0.15, -0.1) is 0 Å². The summed E-state index contributed by atoms with van der Waals surface area (Å²) in [4.78, 5) is 26.2. The fourth-order valence-corrected chi connectivity index (χ4v) is 11.9. The highest BCUT2D eigenvalue weighted by Crippen LogP contribution is 2.75. The van der Waals surface area contributed by atoms with E-state index in [1.165, 1.54) is 17.7 Å². The Morgan fingerprint density at radius 2 is 1.42 bits per heavy atom. The molecule has 0 radical (unpaired) electrons. The lowest BCUT2D eigenvalue weighted by Gasteiger charge is -2.70. The van der Waals surface area contributed by atoms with Gasteiger partial charge in [-0.05, 0) is 127 Å². The Morgan fingerprint density at radius 1 is 0.814 bits per heavy atom. The van der Waals surface area contributed by atoms with Crippen LogP contribution in [0.3, 0.4) is 0 Å². The fraction of sp³-hybridized carbons (Fsp3) is 0.730. The number of fused-ring (bicyclic) bond motifs is 7. The van der Waals surface area contributed by atoms with Gasteiger partial charge in [0.25, 0.3) is 0 Å². The van der Waals surface area contributed by atoms with Gasteiger partial charge in [-0.2, -0.15) is 0 Å². The van der Waals surface area contributed by atoms with Crippen molar-refractivity contribution in [2.24, 2.45) is 50.2 Å². The number of phenols is 1. The van der Waals surface area contributed by atoms with Gasteiger partial charge in [0.1, 0.15) is 11.9 Å². The maximum absolute atomic E-state index is 13.2. The number of carboxylic acids is 1. The summed E-state index contributed by atoms with van der Waals surface area (Å²) >= 11 is 0. The number of carbonyl (C=O) groups excluding carboxylic acids is 1. The first kappa shape index (κ1) is 30.7. The van der Waals surface area contributed by atoms with Crippen LogP contribution in [0, 0.1) is 50.2 Å². The van der Waals surface area contributed by atoms with E-state index < -0.39 is 35.0 Å². The zero-order valence-electron chi connectivity index (χ0n) is 27.2. The second-order valence-corrected chi connectivity index (χ2v) is 17.2. The minimum Gasteiger partial charge on any atom is -0.508 e. The minimum absolute atomic E-state index is 0.0750. The van der Waals surface area contributed by atoms with E-state index in [1.54, 1.807) is 12.1 Å². The van der Waals surface area contributed by atoms with Crippen molar-refractivity contribution in [2.45, 2.75) is 118 Å². The van der Waals surface area contributed by atoms with Gasteiger partial charge in [0.2, 0.25) is 0 Å². The second-order valence-electron chi connectivity index (χ2n) is 17.2. The average Bonchev–Trinajstić information content (AvgIpc) is 2.91. The summed E-state index contributed by atoms with van der Waals surface area (Å²) in [6.45, 7) is 16.1. The molecule has 0 amide bonds. The third-order valence-corrected chi connectivity index (χ3v) is 14.0. The maximum atomic E-state index is 13.2. The molecule has 9 atom stereocenters. The van der Waals surface area contributed by atoms with E-state index in [-0.39, 0.29) is 39.2 Å². The summed E-state index contributed by atoms with van der Waals surface area (Å²) < 4.78 is 6.10. The molecule has 6 rings (SSSR count). The predicted molar refractivity (Wildman–Crippen MR) is 165 cm³/mol. The zero-order chi connectivity index (χ0) is 31.4. The fourth-order valence-electron chi connectivity index (χ4n) is 11.9. The van der Waals surface area contributed by atoms with E-state index in [4.69, 9.17) is 4.74 Å². The number of benzene rings is 1. The number of rotatable bonds is 3. The molecule has 3 N–H and O–H groups in total. The van der Waals surface area contributed by atoms with Gasteiger partial charge in [-0.1, -0.05) is 60.1 Å². The Morgan fingerprint density at radius 3 is 2.05 bits per heavy atom. The molecule has 0 spiro atoms. The number of ether oxygens (including phenoxy) is 1. The Kier molecular flexibility index (Phi) is 6.83. The van der Waals surface area contributed by atoms with Gasteiger partial charge in [0.05, 0.1) is 17.1 Å². The lowest BCUT2D eigenvalue weighted by Crippen LogP contribution is -2.66. The topological polar surface area (TPSA) is 104 Å². The number of aliphatic hydroxyl groups is 1. The molecule has 6 heteroatoms. The van der Waals surface area contributed by atoms with Gasteiger partial charge in [-0.3, -0.25) is 4.79 Å². The lowest BCUT2D eigenvalue weighted by molar-refractivity contribution is -0.219. The molecule has 5 aliphatic carbocycles. The van der Waals surface area contributed by atoms with Crippen LogP contribution in [0.1, 0.15) is 117 Å². The van der Waals surface area contributed by atoms with Gasteiger partial charge >= 0.3 is 11.9 Å².